The number of aryl methyl sites for hydroxylation is 1. The van der Waals surface area contributed by atoms with E-state index in [-0.39, 0.29) is 10.8 Å². The highest BCUT2D eigenvalue weighted by Crippen LogP contribution is 2.33. The maximum Gasteiger partial charge on any atom is 0.418 e. The fraction of sp³-hybridized carbons (Fsp3) is 0.429. The van der Waals surface area contributed by atoms with E-state index in [0.29, 0.717) is 37.0 Å². The molecule has 0 spiro atoms. The van der Waals surface area contributed by atoms with Crippen LogP contribution in [-0.2, 0) is 47.5 Å². The van der Waals surface area contributed by atoms with Crippen LogP contribution in [0, 0.1) is 0 Å². The summed E-state index contributed by atoms with van der Waals surface area (Å²) in [7, 11) is -3.14. The average molecular weight is 739 g/mol. The Labute approximate surface area is 290 Å². The summed E-state index contributed by atoms with van der Waals surface area (Å²) >= 11 is 0.954. The molecule has 50 heavy (non-hydrogen) atoms. The molecular weight excluding hydrogens is 701 g/mol. The highest BCUT2D eigenvalue weighted by atomic mass is 32.3. The van der Waals surface area contributed by atoms with Gasteiger partial charge < -0.3 is 46.3 Å². The number of nitrogen functional groups attached to an aromatic ring is 1. The van der Waals surface area contributed by atoms with Crippen molar-refractivity contribution in [2.45, 2.75) is 44.5 Å². The fourth-order valence-electron chi connectivity index (χ4n) is 4.83. The Kier molecular flexibility index (Phi) is 12.0. The number of aliphatic carboxylic acids is 1. The number of anilines is 1. The third kappa shape index (κ3) is 8.83. The number of hydrogen-bond donors (Lipinski definition) is 6. The number of nitrogens with one attached hydrogen (secondary N) is 1. The summed E-state index contributed by atoms with van der Waals surface area (Å²) in [6.45, 7) is 4.26. The van der Waals surface area contributed by atoms with Crippen molar-refractivity contribution in [2.24, 2.45) is 28.7 Å². The van der Waals surface area contributed by atoms with Crippen molar-refractivity contribution in [3.8, 4) is 17.0 Å². The lowest BCUT2D eigenvalue weighted by Crippen LogP contribution is -2.76. The molecule has 2 aromatic heterocycles. The number of hydrogen-bond acceptors (Lipinski definition) is 15. The number of ether oxygens (including phenoxy) is 1. The van der Waals surface area contributed by atoms with E-state index in [1.54, 1.807) is 24.3 Å². The Balaban J connectivity index is 1.48. The van der Waals surface area contributed by atoms with Crippen LogP contribution in [0.5, 0.6) is 5.75 Å². The molecule has 272 valence electrons. The fourth-order valence-corrected chi connectivity index (χ4v) is 5.83. The van der Waals surface area contributed by atoms with Crippen molar-refractivity contribution in [3.05, 3.63) is 47.2 Å². The van der Waals surface area contributed by atoms with Crippen LogP contribution in [-0.4, -0.2) is 105 Å². The van der Waals surface area contributed by atoms with Gasteiger partial charge in [0.2, 0.25) is 5.62 Å². The number of carbonyl (C=O) groups excluding carboxylic acids is 2. The number of carboxylic acid groups (broad SMARTS) is 1. The first kappa shape index (κ1) is 37.9. The van der Waals surface area contributed by atoms with Crippen LogP contribution >= 0.6 is 11.3 Å². The van der Waals surface area contributed by atoms with Gasteiger partial charge in [0.1, 0.15) is 24.1 Å². The van der Waals surface area contributed by atoms with Gasteiger partial charge in [-0.05, 0) is 56.6 Å². The number of carboxylic acids is 1. The summed E-state index contributed by atoms with van der Waals surface area (Å²) in [5, 5.41) is 17.7. The minimum atomic E-state index is -5.03. The van der Waals surface area contributed by atoms with Crippen LogP contribution in [0.15, 0.2) is 46.0 Å². The van der Waals surface area contributed by atoms with Gasteiger partial charge in [-0.2, -0.15) is 13.5 Å². The lowest BCUT2D eigenvalue weighted by atomic mass is 9.84. The molecule has 0 unspecified atom stereocenters. The molecular formula is C28H38N10O10S2. The highest BCUT2D eigenvalue weighted by molar-refractivity contribution is 7.80. The van der Waals surface area contributed by atoms with Gasteiger partial charge in [0.25, 0.3) is 17.9 Å². The Morgan fingerprint density at radius 2 is 1.90 bits per heavy atom. The molecule has 1 aliphatic heterocycles. The van der Waals surface area contributed by atoms with Gasteiger partial charge in [0.05, 0.1) is 17.8 Å². The van der Waals surface area contributed by atoms with E-state index >= 15 is 0 Å². The SMILES string of the molecule is Cn1c(-c2ccc(OC[C@H](O/N=C(\C(=O)N[C@@H]3C(=O)N(OS(=O)(=O)O)C3(C)C)c3csc(N)n3)C(=O)O)cc2)cn(CCCN)/c1=N\CCN. The van der Waals surface area contributed by atoms with Crippen LogP contribution in [0.2, 0.25) is 0 Å². The minimum absolute atomic E-state index is 0.0525. The molecule has 3 aromatic rings. The van der Waals surface area contributed by atoms with E-state index in [1.165, 1.54) is 19.2 Å². The molecule has 4 rings (SSSR count). The van der Waals surface area contributed by atoms with E-state index in [4.69, 9.17) is 31.3 Å². The molecule has 1 fully saturated rings. The van der Waals surface area contributed by atoms with Crippen LogP contribution < -0.4 is 32.9 Å². The van der Waals surface area contributed by atoms with Gasteiger partial charge in [-0.25, -0.2) is 9.78 Å². The number of benzene rings is 1. The summed E-state index contributed by atoms with van der Waals surface area (Å²) in [6.07, 6.45) is 1.02. The van der Waals surface area contributed by atoms with Gasteiger partial charge >= 0.3 is 16.4 Å². The molecule has 9 N–H and O–H groups in total. The number of carbonyl (C=O) groups is 3. The third-order valence-electron chi connectivity index (χ3n) is 7.38. The minimum Gasteiger partial charge on any atom is -0.489 e. The number of aromatic nitrogens is 3. The molecule has 1 saturated heterocycles. The van der Waals surface area contributed by atoms with Crippen LogP contribution in [0.3, 0.4) is 0 Å². The second kappa shape index (κ2) is 15.8. The lowest BCUT2D eigenvalue weighted by molar-refractivity contribution is -0.218. The normalized spacial score (nSPS) is 17.0. The smallest absolute Gasteiger partial charge is 0.418 e. The standard InChI is InChI=1S/C28H38N10O10S2/c1-28(2)22(24(40)38(28)48-50(43,44)45)34-23(39)21(18-15-49-26(31)33-18)35-47-20(25(41)42)14-46-17-7-5-16(6-8-17)19-13-37(12-4-9-29)27(36(19)3)32-11-10-30/h5-8,13,15,20,22H,4,9-12,14,29-30H2,1-3H3,(H2,31,33)(H,34,39)(H,41,42)(H,43,44,45)/b32-27-,35-21-/t20-,22+/m0/s1. The van der Waals surface area contributed by atoms with Gasteiger partial charge in [-0.15, -0.1) is 15.6 Å². The molecule has 0 bridgehead atoms. The van der Waals surface area contributed by atoms with Crippen molar-refractivity contribution >= 4 is 50.4 Å². The van der Waals surface area contributed by atoms with Crippen molar-refractivity contribution in [2.75, 3.05) is 32.0 Å². The molecule has 1 aliphatic rings. The van der Waals surface area contributed by atoms with Gasteiger partial charge in [-0.1, -0.05) is 5.16 Å². The van der Waals surface area contributed by atoms with E-state index in [9.17, 15) is 27.9 Å². The first-order valence-electron chi connectivity index (χ1n) is 15.0. The zero-order valence-corrected chi connectivity index (χ0v) is 28.9. The second-order valence-electron chi connectivity index (χ2n) is 11.4. The van der Waals surface area contributed by atoms with E-state index in [2.05, 4.69) is 24.7 Å². The average Bonchev–Trinajstić information content (AvgIpc) is 3.63. The highest BCUT2D eigenvalue weighted by Gasteiger charge is 2.58. The number of oxime groups is 1. The van der Waals surface area contributed by atoms with E-state index in [1.807, 2.05) is 22.4 Å². The largest absolute Gasteiger partial charge is 0.489 e. The molecule has 2 amide bonds. The van der Waals surface area contributed by atoms with Crippen molar-refractivity contribution in [1.29, 1.82) is 0 Å². The number of thiazole rings is 1. The zero-order valence-electron chi connectivity index (χ0n) is 27.3. The Hall–Kier alpha value is -4.87. The Morgan fingerprint density at radius 3 is 2.46 bits per heavy atom. The number of rotatable bonds is 17. The molecule has 20 nitrogen and oxygen atoms in total. The molecule has 1 aromatic carbocycles. The van der Waals surface area contributed by atoms with Gasteiger partial charge in [-0.3, -0.25) is 19.1 Å². The molecule has 3 heterocycles. The predicted octanol–water partition coefficient (Wildman–Crippen LogP) is -1.17. The maximum absolute atomic E-state index is 13.3. The number of imidazole rings is 1. The molecule has 0 aliphatic carbocycles. The molecule has 0 radical (unpaired) electrons. The summed E-state index contributed by atoms with van der Waals surface area (Å²) in [5.41, 5.74) is 17.4. The summed E-state index contributed by atoms with van der Waals surface area (Å²) in [5.74, 6) is -3.17. The lowest BCUT2D eigenvalue weighted by Gasteiger charge is -2.50. The Morgan fingerprint density at radius 1 is 1.20 bits per heavy atom. The third-order valence-corrected chi connectivity index (χ3v) is 8.39. The Bertz CT molecular complexity index is 1920. The maximum atomic E-state index is 13.3. The predicted molar refractivity (Wildman–Crippen MR) is 179 cm³/mol. The first-order valence-corrected chi connectivity index (χ1v) is 17.2. The first-order chi connectivity index (χ1) is 23.6. The number of nitrogens with zero attached hydrogens (tertiary/aromatic N) is 6. The molecule has 22 heteroatoms. The number of hydroxylamine groups is 2. The van der Waals surface area contributed by atoms with E-state index < -0.39 is 58.2 Å². The zero-order chi connectivity index (χ0) is 36.8. The van der Waals surface area contributed by atoms with Crippen LogP contribution in [0.4, 0.5) is 5.13 Å². The van der Waals surface area contributed by atoms with E-state index in [0.717, 1.165) is 34.6 Å². The summed E-state index contributed by atoms with van der Waals surface area (Å²) in [6, 6.07) is 5.54. The van der Waals surface area contributed by atoms with Crippen LogP contribution in [0.25, 0.3) is 11.3 Å². The topological polar surface area (TPSA) is 294 Å². The van der Waals surface area contributed by atoms with Crippen molar-refractivity contribution in [3.63, 3.8) is 0 Å². The molecule has 0 saturated carbocycles. The van der Waals surface area contributed by atoms with Crippen molar-refractivity contribution < 1.29 is 46.3 Å². The number of nitrogens with two attached hydrogens (primary N) is 3. The number of β-lactam (4-membered cyclic amide) rings is 1. The summed E-state index contributed by atoms with van der Waals surface area (Å²) in [4.78, 5) is 51.6. The summed E-state index contributed by atoms with van der Waals surface area (Å²) < 4.78 is 45.1. The van der Waals surface area contributed by atoms with Crippen molar-refractivity contribution in [1.82, 2.24) is 24.5 Å². The van der Waals surface area contributed by atoms with Gasteiger partial charge in [0.15, 0.2) is 10.8 Å². The van der Waals surface area contributed by atoms with Gasteiger partial charge in [0, 0.05) is 31.7 Å². The van der Waals surface area contributed by atoms with Crippen LogP contribution in [0.1, 0.15) is 26.0 Å². The number of amides is 2. The quantitative estimate of drug-likeness (QED) is 0.0412. The molecule has 2 atom stereocenters. The monoisotopic (exact) mass is 738 g/mol. The second-order valence-corrected chi connectivity index (χ2v) is 13.2.